The number of hydrogen-bond donors (Lipinski definition) is 10. The molecule has 16 atom stereocenters. The highest BCUT2D eigenvalue weighted by Gasteiger charge is 2.50. The third-order valence-electron chi connectivity index (χ3n) is 11.6. The number of aromatic amines is 2. The number of aryl methyl sites for hydroxylation is 1. The van der Waals surface area contributed by atoms with E-state index in [2.05, 4.69) is 53.0 Å². The number of phosphoric ester groups is 3. The fraction of sp³-hybridized carbons (Fsp3) is 0.545. The Morgan fingerprint density at radius 2 is 1.22 bits per heavy atom. The first-order valence-electron chi connectivity index (χ1n) is 21.5. The van der Waals surface area contributed by atoms with Gasteiger partial charge in [0.25, 0.3) is 48.4 Å². The summed E-state index contributed by atoms with van der Waals surface area (Å²) in [6, 6.07) is 0. The Bertz CT molecular complexity index is 3450. The molecule has 6 aromatic heterocycles. The number of nitrogens with zero attached hydrogens (tertiary/aromatic N) is 10. The van der Waals surface area contributed by atoms with Crippen LogP contribution in [0, 0.1) is 5.92 Å². The minimum Gasteiger partial charge on any atom is -0.756 e. The van der Waals surface area contributed by atoms with Gasteiger partial charge in [-0.05, 0) is 0 Å². The van der Waals surface area contributed by atoms with Crippen LogP contribution in [-0.2, 0) is 66.2 Å². The number of nitrogen functional groups attached to an aromatic ring is 3. The van der Waals surface area contributed by atoms with Crippen molar-refractivity contribution in [3.05, 3.63) is 46.0 Å². The topological polar surface area (TPSA) is 585 Å². The van der Waals surface area contributed by atoms with Crippen molar-refractivity contribution in [2.45, 2.75) is 74.4 Å². The number of fused-ring (bicyclic) bond motifs is 3. The molecule has 0 amide bonds. The van der Waals surface area contributed by atoms with Gasteiger partial charge in [0.05, 0.1) is 39.5 Å². The second-order valence-corrected chi connectivity index (χ2v) is 22.4. The van der Waals surface area contributed by atoms with Gasteiger partial charge in [0.2, 0.25) is 17.7 Å². The maximum Gasteiger partial charge on any atom is 0.313 e. The van der Waals surface area contributed by atoms with Crippen molar-refractivity contribution in [2.24, 2.45) is 13.0 Å². The van der Waals surface area contributed by atoms with Gasteiger partial charge in [0.15, 0.2) is 35.2 Å². The first-order valence-corrected chi connectivity index (χ1v) is 27.3. The molecule has 3 saturated heterocycles. The van der Waals surface area contributed by atoms with E-state index < -0.39 is 136 Å². The van der Waals surface area contributed by atoms with Crippen LogP contribution in [0.5, 0.6) is 0 Å². The van der Waals surface area contributed by atoms with Crippen molar-refractivity contribution >= 4 is 82.5 Å². The molecule has 3 fully saturated rings. The quantitative estimate of drug-likeness (QED) is 0.0282. The zero-order valence-corrected chi connectivity index (χ0v) is 42.4. The van der Waals surface area contributed by atoms with Gasteiger partial charge in [-0.1, -0.05) is 11.9 Å². The lowest BCUT2D eigenvalue weighted by molar-refractivity contribution is -0.745. The molecule has 43 heteroatoms. The molecule has 0 spiro atoms. The molecular weight excluding hydrogens is 1110 g/mol. The third kappa shape index (κ3) is 11.5. The van der Waals surface area contributed by atoms with Gasteiger partial charge in [-0.2, -0.15) is 4.98 Å². The summed E-state index contributed by atoms with van der Waals surface area (Å²) in [5.41, 5.74) is 15.3. The van der Waals surface area contributed by atoms with Crippen molar-refractivity contribution in [2.75, 3.05) is 44.1 Å². The maximum absolute atomic E-state index is 13.5. The predicted octanol–water partition coefficient (Wildman–Crippen LogP) is -7.01. The van der Waals surface area contributed by atoms with E-state index in [0.29, 0.717) is 0 Å². The van der Waals surface area contributed by atoms with Crippen molar-refractivity contribution in [3.63, 3.8) is 0 Å². The Labute approximate surface area is 421 Å². The molecule has 0 radical (unpaired) electrons. The molecule has 0 bridgehead atoms. The van der Waals surface area contributed by atoms with Gasteiger partial charge >= 0.3 is 5.65 Å². The Morgan fingerprint density at radius 3 is 1.88 bits per heavy atom. The van der Waals surface area contributed by atoms with E-state index in [1.165, 1.54) is 29.4 Å². The van der Waals surface area contributed by atoms with Crippen LogP contribution in [0.3, 0.4) is 0 Å². The van der Waals surface area contributed by atoms with E-state index in [-0.39, 0.29) is 51.2 Å². The average molecular weight is 1160 g/mol. The van der Waals surface area contributed by atoms with Crippen molar-refractivity contribution < 1.29 is 109 Å². The zero-order valence-electron chi connectivity index (χ0n) is 38.8. The monoisotopic (exact) mass is 1160 g/mol. The number of phosphoric acid groups is 4. The average Bonchev–Trinajstić information content (AvgIpc) is 4.20. The molecule has 3 aliphatic rings. The summed E-state index contributed by atoms with van der Waals surface area (Å²) in [6.45, 7) is -2.26. The number of ether oxygens (including phenoxy) is 3. The van der Waals surface area contributed by atoms with Crippen molar-refractivity contribution in [3.8, 4) is 0 Å². The van der Waals surface area contributed by atoms with E-state index in [9.17, 15) is 67.8 Å². The van der Waals surface area contributed by atoms with Gasteiger partial charge in [-0.15, -0.1) is 0 Å². The molecule has 7 unspecified atom stereocenters. The van der Waals surface area contributed by atoms with Crippen LogP contribution in [-0.4, -0.2) is 155 Å². The van der Waals surface area contributed by atoms with E-state index in [1.54, 1.807) is 0 Å². The summed E-state index contributed by atoms with van der Waals surface area (Å²) in [6.07, 6.45) is -14.3. The molecule has 6 aromatic rings. The summed E-state index contributed by atoms with van der Waals surface area (Å²) in [4.78, 5) is 105. The lowest BCUT2D eigenvalue weighted by Gasteiger charge is -2.35. The third-order valence-corrected chi connectivity index (χ3v) is 16.7. The minimum atomic E-state index is -6.56. The normalized spacial score (nSPS) is 30.0. The molecular formula is C33H44N15O24P4-3. The van der Waals surface area contributed by atoms with Crippen LogP contribution < -0.4 is 52.5 Å². The highest BCUT2D eigenvalue weighted by atomic mass is 31.3. The van der Waals surface area contributed by atoms with Gasteiger partial charge in [0, 0.05) is 13.0 Å². The predicted molar refractivity (Wildman–Crippen MR) is 237 cm³/mol. The number of imidazole rings is 3. The fourth-order valence-electron chi connectivity index (χ4n) is 8.31. The molecule has 76 heavy (non-hydrogen) atoms. The van der Waals surface area contributed by atoms with Gasteiger partial charge < -0.3 is 94.6 Å². The maximum atomic E-state index is 13.5. The molecule has 418 valence electrons. The molecule has 3 aliphatic heterocycles. The largest absolute Gasteiger partial charge is 0.756 e. The number of nitrogens with one attached hydrogen (secondary N) is 2. The SMILES string of the molecule is CO.C[C@H]1C(OP(=O)([O-])OC[C@H]2O[C@@H](n3cnc4c(=O)[nH]c(N)nc43)[C@@H](O)C2O)[C@@H](COP(=O)([O-])OP(=O)([O-])OP(=O)([O-])OC[C@H]2O[C@@H]([n+]3cn(C)c4c(=O)[nH]c(N)nc43)C(O)[C@H]2O)O[C@H]1n1cnc2c(N)ncnc21. The van der Waals surface area contributed by atoms with Crippen LogP contribution in [0.1, 0.15) is 25.6 Å². The van der Waals surface area contributed by atoms with E-state index >= 15 is 0 Å². The number of rotatable bonds is 18. The summed E-state index contributed by atoms with van der Waals surface area (Å²) < 4.78 is 101. The fourth-order valence-corrected chi connectivity index (χ4v) is 12.7. The second-order valence-electron chi connectivity index (χ2n) is 16.5. The molecule has 9 rings (SSSR count). The van der Waals surface area contributed by atoms with Gasteiger partial charge in [0.1, 0.15) is 66.9 Å². The number of aliphatic hydroxyl groups is 5. The van der Waals surface area contributed by atoms with Crippen LogP contribution in [0.15, 0.2) is 34.9 Å². The number of anilines is 3. The highest BCUT2D eigenvalue weighted by molar-refractivity contribution is 7.65. The van der Waals surface area contributed by atoms with Gasteiger partial charge in [-0.25, -0.2) is 33.1 Å². The lowest BCUT2D eigenvalue weighted by atomic mass is 10.0. The number of aliphatic hydroxyl groups excluding tert-OH is 5. The summed E-state index contributed by atoms with van der Waals surface area (Å²) in [5.74, 6) is -1.91. The van der Waals surface area contributed by atoms with Crippen LogP contribution in [0.25, 0.3) is 33.5 Å². The summed E-state index contributed by atoms with van der Waals surface area (Å²) in [5, 5.41) is 50.0. The van der Waals surface area contributed by atoms with Crippen LogP contribution in [0.2, 0.25) is 0 Å². The minimum absolute atomic E-state index is 0.0332. The summed E-state index contributed by atoms with van der Waals surface area (Å²) in [7, 11) is -22.2. The van der Waals surface area contributed by atoms with Crippen molar-refractivity contribution in [1.82, 2.24) is 53.6 Å². The number of nitrogens with two attached hydrogens (primary N) is 3. The molecule has 13 N–H and O–H groups in total. The number of aromatic nitrogens is 12. The first-order chi connectivity index (χ1) is 35.6. The number of H-pyrrole nitrogens is 2. The lowest BCUT2D eigenvalue weighted by Crippen LogP contribution is -2.46. The number of hydrogen-bond acceptors (Lipinski definition) is 33. The zero-order chi connectivity index (χ0) is 55.6. The second kappa shape index (κ2) is 21.6. The molecule has 0 aromatic carbocycles. The Kier molecular flexibility index (Phi) is 16.2. The molecule has 39 nitrogen and oxygen atoms in total. The smallest absolute Gasteiger partial charge is 0.313 e. The van der Waals surface area contributed by atoms with Crippen LogP contribution >= 0.6 is 31.3 Å². The van der Waals surface area contributed by atoms with Crippen molar-refractivity contribution in [1.29, 1.82) is 0 Å². The highest BCUT2D eigenvalue weighted by Crippen LogP contribution is 2.63. The van der Waals surface area contributed by atoms with E-state index in [4.69, 9.17) is 50.1 Å². The van der Waals surface area contributed by atoms with Gasteiger partial charge in [-0.3, -0.25) is 51.5 Å². The van der Waals surface area contributed by atoms with Crippen LogP contribution in [0.4, 0.5) is 17.7 Å². The standard InChI is InChI=1S/C32H43N15O23P4.CH4O/c1-10-21(68-71(54,55)62-3-11-17(48)19(50)29(65-11)46-8-39-15-24(46)40-31(34)42-26(15)52)13(67-28(10)45-7-38-14-22(33)36-6-37-23(14)45)5-64-73(58,59)70-74(60,61)69-72(56,57)63-4-12-18(49)20(51)30(66-12)47-9-44(2)16-25(47)41-32(35)43-27(16)53;1-2/h6-13,17-21,28-30,48-51H,3-5H2,1-2H3,(H11-,33,34,35,36,37,40,41,42,43,52,53,54,55,56,57,58,59,60,61);2H,1H3/p-3/t10-,11+,12+,13+,17?,18-,19-,20?,21?,28+,29+,30+;/m0./s1. The first kappa shape index (κ1) is 57.0. The molecule has 9 heterocycles. The molecule has 0 saturated carbocycles. The Hall–Kier alpha value is -5.15. The Balaban J connectivity index is 0.00000378. The van der Waals surface area contributed by atoms with E-state index in [1.807, 2.05) is 0 Å². The molecule has 0 aliphatic carbocycles. The van der Waals surface area contributed by atoms with E-state index in [0.717, 1.165) is 35.2 Å². The summed E-state index contributed by atoms with van der Waals surface area (Å²) >= 11 is 0. The Morgan fingerprint density at radius 1 is 0.684 bits per heavy atom.